The molecule has 0 atom stereocenters. The molecule has 1 heterocycles. The first-order valence-electron chi connectivity index (χ1n) is 12.0. The summed E-state index contributed by atoms with van der Waals surface area (Å²) in [7, 11) is 0. The Morgan fingerprint density at radius 3 is 2.34 bits per heavy atom. The molecule has 11 nitrogen and oxygen atoms in total. The summed E-state index contributed by atoms with van der Waals surface area (Å²) < 4.78 is 10.6. The molecule has 1 amide bonds. The van der Waals surface area contributed by atoms with E-state index in [1.54, 1.807) is 6.08 Å². The molecule has 11 heteroatoms. The third kappa shape index (κ3) is 12.1. The van der Waals surface area contributed by atoms with Gasteiger partial charge in [-0.3, -0.25) is 4.79 Å². The van der Waals surface area contributed by atoms with Gasteiger partial charge in [-0.2, -0.15) is 15.0 Å². The van der Waals surface area contributed by atoms with Crippen LogP contribution in [0, 0.1) is 0 Å². The number of nitrogens with zero attached hydrogens (tertiary/aromatic N) is 3. The molecule has 0 saturated heterocycles. The number of aromatic nitrogens is 3. The second-order valence-corrected chi connectivity index (χ2v) is 7.62. The maximum absolute atomic E-state index is 12.2. The highest BCUT2D eigenvalue weighted by Gasteiger charge is 2.08. The molecule has 1 aromatic heterocycles. The van der Waals surface area contributed by atoms with E-state index in [-0.39, 0.29) is 12.3 Å². The van der Waals surface area contributed by atoms with Crippen molar-refractivity contribution in [1.29, 1.82) is 0 Å². The third-order valence-electron chi connectivity index (χ3n) is 4.63. The largest absolute Gasteiger partial charge is 0.378 e. The molecular formula is C24H38N8O3. The van der Waals surface area contributed by atoms with Crippen molar-refractivity contribution < 1.29 is 14.3 Å². The highest BCUT2D eigenvalue weighted by Crippen LogP contribution is 2.17. The van der Waals surface area contributed by atoms with Gasteiger partial charge in [0, 0.05) is 31.9 Å². The molecule has 0 aliphatic rings. The van der Waals surface area contributed by atoms with E-state index in [0.717, 1.165) is 30.6 Å². The number of nitrogens with one attached hydrogen (secondary N) is 4. The van der Waals surface area contributed by atoms with Gasteiger partial charge in [-0.15, -0.1) is 6.58 Å². The number of hydrogen-bond acceptors (Lipinski definition) is 10. The summed E-state index contributed by atoms with van der Waals surface area (Å²) in [5, 5.41) is 12.4. The van der Waals surface area contributed by atoms with Crippen molar-refractivity contribution in [2.45, 2.75) is 26.2 Å². The zero-order chi connectivity index (χ0) is 25.1. The van der Waals surface area contributed by atoms with Crippen LogP contribution >= 0.6 is 0 Å². The molecule has 0 aliphatic carbocycles. The topological polar surface area (TPSA) is 148 Å². The van der Waals surface area contributed by atoms with E-state index in [1.165, 1.54) is 0 Å². The van der Waals surface area contributed by atoms with E-state index >= 15 is 0 Å². The van der Waals surface area contributed by atoms with Crippen LogP contribution in [-0.2, 0) is 20.7 Å². The summed E-state index contributed by atoms with van der Waals surface area (Å²) in [4.78, 5) is 25.4. The summed E-state index contributed by atoms with van der Waals surface area (Å²) in [6, 6.07) is 7.56. The Morgan fingerprint density at radius 1 is 0.971 bits per heavy atom. The summed E-state index contributed by atoms with van der Waals surface area (Å²) >= 11 is 0. The number of hydrogen-bond donors (Lipinski definition) is 5. The summed E-state index contributed by atoms with van der Waals surface area (Å²) in [5.41, 5.74) is 7.05. The number of unbranched alkanes of at least 4 members (excludes halogenated alkanes) is 1. The van der Waals surface area contributed by atoms with Gasteiger partial charge < -0.3 is 36.5 Å². The number of ether oxygens (including phenoxy) is 2. The zero-order valence-electron chi connectivity index (χ0n) is 20.5. The first-order valence-corrected chi connectivity index (χ1v) is 12.0. The third-order valence-corrected chi connectivity index (χ3v) is 4.63. The monoisotopic (exact) mass is 486 g/mol. The molecule has 6 N–H and O–H groups in total. The van der Waals surface area contributed by atoms with Gasteiger partial charge in [0.2, 0.25) is 23.8 Å². The maximum atomic E-state index is 12.2. The van der Waals surface area contributed by atoms with E-state index in [2.05, 4.69) is 49.7 Å². The van der Waals surface area contributed by atoms with Gasteiger partial charge in [0.1, 0.15) is 0 Å². The molecule has 0 radical (unpaired) electrons. The highest BCUT2D eigenvalue weighted by molar-refractivity contribution is 5.78. The van der Waals surface area contributed by atoms with Crippen LogP contribution in [0.4, 0.5) is 23.5 Å². The average Bonchev–Trinajstić information content (AvgIpc) is 2.86. The molecule has 1 aromatic carbocycles. The number of anilines is 4. The van der Waals surface area contributed by atoms with Crippen LogP contribution in [-0.4, -0.2) is 73.5 Å². The van der Waals surface area contributed by atoms with E-state index in [4.69, 9.17) is 15.2 Å². The molecule has 0 unspecified atom stereocenters. The van der Waals surface area contributed by atoms with Crippen LogP contribution < -0.4 is 27.0 Å². The Hall–Kier alpha value is -3.28. The van der Waals surface area contributed by atoms with Crippen molar-refractivity contribution in [1.82, 2.24) is 20.3 Å². The minimum absolute atomic E-state index is 0.0631. The van der Waals surface area contributed by atoms with Gasteiger partial charge in [-0.25, -0.2) is 0 Å². The van der Waals surface area contributed by atoms with E-state index in [9.17, 15) is 4.79 Å². The number of rotatable bonds is 19. The van der Waals surface area contributed by atoms with Gasteiger partial charge in [0.15, 0.2) is 0 Å². The molecule has 192 valence electrons. The molecular weight excluding hydrogens is 448 g/mol. The Kier molecular flexibility index (Phi) is 13.7. The molecule has 0 saturated carbocycles. The normalized spacial score (nSPS) is 10.6. The van der Waals surface area contributed by atoms with Crippen molar-refractivity contribution in [2.24, 2.45) is 5.73 Å². The van der Waals surface area contributed by atoms with Crippen LogP contribution in [0.1, 0.15) is 25.3 Å². The van der Waals surface area contributed by atoms with Crippen LogP contribution in [0.25, 0.3) is 0 Å². The fourth-order valence-electron chi connectivity index (χ4n) is 2.88. The molecule has 2 aromatic rings. The van der Waals surface area contributed by atoms with E-state index < -0.39 is 0 Å². The van der Waals surface area contributed by atoms with Crippen LogP contribution in [0.2, 0.25) is 0 Å². The lowest BCUT2D eigenvalue weighted by Crippen LogP contribution is -2.29. The fourth-order valence-corrected chi connectivity index (χ4v) is 2.88. The van der Waals surface area contributed by atoms with Crippen molar-refractivity contribution >= 4 is 29.4 Å². The summed E-state index contributed by atoms with van der Waals surface area (Å²) in [6.07, 6.45) is 4.12. The number of benzene rings is 1. The number of carbonyl (C=O) groups excluding carboxylic acids is 1. The quantitative estimate of drug-likeness (QED) is 0.148. The van der Waals surface area contributed by atoms with Gasteiger partial charge in [-0.1, -0.05) is 31.6 Å². The fraction of sp³-hybridized carbons (Fsp3) is 0.500. The number of amides is 1. The Labute approximate surface area is 207 Å². The Bertz CT molecular complexity index is 880. The Morgan fingerprint density at radius 2 is 1.66 bits per heavy atom. The first-order chi connectivity index (χ1) is 17.1. The van der Waals surface area contributed by atoms with Crippen LogP contribution in [0.15, 0.2) is 36.9 Å². The average molecular weight is 487 g/mol. The SMILES string of the molecule is C=CCNc1nc(NCCCC)nc(Nc2ccc(CC(=O)NCCOCCOCCN)cc2)n1. The van der Waals surface area contributed by atoms with E-state index in [1.807, 2.05) is 24.3 Å². The van der Waals surface area contributed by atoms with Gasteiger partial charge in [-0.05, 0) is 24.1 Å². The van der Waals surface area contributed by atoms with Crippen molar-refractivity contribution in [2.75, 3.05) is 68.6 Å². The lowest BCUT2D eigenvalue weighted by Gasteiger charge is -2.11. The molecule has 0 aliphatic heterocycles. The van der Waals surface area contributed by atoms with Gasteiger partial charge in [0.05, 0.1) is 32.8 Å². The minimum Gasteiger partial charge on any atom is -0.378 e. The Balaban J connectivity index is 1.82. The second-order valence-electron chi connectivity index (χ2n) is 7.62. The lowest BCUT2D eigenvalue weighted by atomic mass is 10.1. The predicted molar refractivity (Wildman–Crippen MR) is 139 cm³/mol. The smallest absolute Gasteiger partial charge is 0.233 e. The number of nitrogens with two attached hydrogens (primary N) is 1. The van der Waals surface area contributed by atoms with Crippen LogP contribution in [0.5, 0.6) is 0 Å². The minimum atomic E-state index is -0.0631. The molecule has 0 spiro atoms. The van der Waals surface area contributed by atoms with Crippen molar-refractivity contribution in [3.05, 3.63) is 42.5 Å². The van der Waals surface area contributed by atoms with Crippen molar-refractivity contribution in [3.8, 4) is 0 Å². The van der Waals surface area contributed by atoms with Crippen LogP contribution in [0.3, 0.4) is 0 Å². The summed E-state index contributed by atoms with van der Waals surface area (Å²) in [5.74, 6) is 1.32. The molecule has 2 rings (SSSR count). The molecule has 0 bridgehead atoms. The van der Waals surface area contributed by atoms with E-state index in [0.29, 0.717) is 63.9 Å². The predicted octanol–water partition coefficient (Wildman–Crippen LogP) is 2.08. The summed E-state index contributed by atoms with van der Waals surface area (Å²) in [6.45, 7) is 10.1. The van der Waals surface area contributed by atoms with Gasteiger partial charge >= 0.3 is 0 Å². The lowest BCUT2D eigenvalue weighted by molar-refractivity contribution is -0.120. The molecule has 35 heavy (non-hydrogen) atoms. The standard InChI is InChI=1S/C24H38N8O3/c1-3-5-12-28-23-30-22(27-11-4-2)31-24(32-23)29-20-8-6-19(7-9-20)18-21(33)26-13-15-35-17-16-34-14-10-25/h4,6-9H,2-3,5,10-18,25H2,1H3,(H,26,33)(H3,27,28,29,30,31,32). The van der Waals surface area contributed by atoms with Gasteiger partial charge in [0.25, 0.3) is 0 Å². The number of carbonyl (C=O) groups is 1. The molecule has 0 fully saturated rings. The zero-order valence-corrected chi connectivity index (χ0v) is 20.5. The highest BCUT2D eigenvalue weighted by atomic mass is 16.5. The second kappa shape index (κ2) is 17.2. The first kappa shape index (κ1) is 28.0. The maximum Gasteiger partial charge on any atom is 0.233 e. The van der Waals surface area contributed by atoms with Crippen molar-refractivity contribution in [3.63, 3.8) is 0 Å².